The first-order chi connectivity index (χ1) is 15.3. The van der Waals surface area contributed by atoms with E-state index in [1.54, 1.807) is 18.3 Å². The maximum Gasteiger partial charge on any atom is 0.257 e. The van der Waals surface area contributed by atoms with Gasteiger partial charge in [0.15, 0.2) is 5.65 Å². The van der Waals surface area contributed by atoms with Crippen LogP contribution >= 0.6 is 0 Å². The van der Waals surface area contributed by atoms with Gasteiger partial charge >= 0.3 is 0 Å². The second-order valence-corrected chi connectivity index (χ2v) is 7.08. The van der Waals surface area contributed by atoms with Crippen LogP contribution in [0, 0.1) is 0 Å². The Morgan fingerprint density at radius 2 is 2.31 bits per heavy atom. The fourth-order valence-electron chi connectivity index (χ4n) is 2.90. The van der Waals surface area contributed by atoms with Gasteiger partial charge in [-0.05, 0) is 25.0 Å². The van der Waals surface area contributed by atoms with E-state index in [-0.39, 0.29) is 35.4 Å². The molecule has 0 radical (unpaired) electrons. The second kappa shape index (κ2) is 6.87. The summed E-state index contributed by atoms with van der Waals surface area (Å²) in [7, 11) is 0. The van der Waals surface area contributed by atoms with Crippen LogP contribution in [0.25, 0.3) is 5.65 Å². The molecule has 0 saturated heterocycles. The van der Waals surface area contributed by atoms with Crippen LogP contribution in [0.15, 0.2) is 30.6 Å². The quantitative estimate of drug-likeness (QED) is 0.559. The van der Waals surface area contributed by atoms with Crippen molar-refractivity contribution in [3.05, 3.63) is 36.2 Å². The summed E-state index contributed by atoms with van der Waals surface area (Å²) >= 11 is 0. The number of hydrogen-bond acceptors (Lipinski definition) is 7. The summed E-state index contributed by atoms with van der Waals surface area (Å²) in [6.45, 7) is -2.51. The molecule has 2 atom stereocenters. The van der Waals surface area contributed by atoms with Gasteiger partial charge in [-0.15, -0.1) is 0 Å². The first-order valence-electron chi connectivity index (χ1n) is 10.8. The number of hydrogen-bond donors (Lipinski definition) is 3. The Labute approximate surface area is 169 Å². The number of nitrogens with zero attached hydrogens (tertiary/aromatic N) is 4. The van der Waals surface area contributed by atoms with Crippen molar-refractivity contribution in [2.75, 3.05) is 17.6 Å². The highest BCUT2D eigenvalue weighted by molar-refractivity contribution is 6.00. The minimum Gasteiger partial charge on any atom is -0.473 e. The number of carbonyl (C=O) groups excluding carboxylic acids is 1. The van der Waals surface area contributed by atoms with E-state index in [2.05, 4.69) is 31.0 Å². The van der Waals surface area contributed by atoms with E-state index in [4.69, 9.17) is 8.85 Å². The van der Waals surface area contributed by atoms with Crippen molar-refractivity contribution in [1.82, 2.24) is 24.9 Å². The lowest BCUT2D eigenvalue weighted by atomic mass is 10.3. The molecular formula is C19H20FN7O2. The average molecular weight is 400 g/mol. The molecule has 0 spiro atoms. The lowest BCUT2D eigenvalue weighted by Gasteiger charge is -2.13. The number of halogens is 1. The summed E-state index contributed by atoms with van der Waals surface area (Å²) in [6.07, 6.45) is 4.13. The number of anilines is 3. The molecule has 5 rings (SSSR count). The van der Waals surface area contributed by atoms with E-state index in [0.29, 0.717) is 11.6 Å². The molecule has 3 aromatic heterocycles. The molecule has 3 heterocycles. The molecule has 150 valence electrons. The lowest BCUT2D eigenvalue weighted by molar-refractivity contribution is 0.0949. The SMILES string of the molecule is [2H]C([2H])([2H])Nc1cc(Nc2cccnc2OC2CC2)nc2c(C(=O)N[C@@H]3C[C@@H]3F)cnn12. The number of pyridine rings is 1. The molecule has 2 aliphatic rings. The summed E-state index contributed by atoms with van der Waals surface area (Å²) in [5, 5.41) is 12.2. The smallest absolute Gasteiger partial charge is 0.257 e. The Hall–Kier alpha value is -3.43. The Balaban J connectivity index is 1.52. The van der Waals surface area contributed by atoms with Crippen LogP contribution in [0.5, 0.6) is 5.88 Å². The molecule has 29 heavy (non-hydrogen) atoms. The first kappa shape index (κ1) is 14.6. The Bertz CT molecular complexity index is 1180. The lowest BCUT2D eigenvalue weighted by Crippen LogP contribution is -2.27. The number of carbonyl (C=O) groups is 1. The van der Waals surface area contributed by atoms with Crippen molar-refractivity contribution < 1.29 is 18.0 Å². The molecule has 10 heteroatoms. The standard InChI is InChI=1S/C19H20FN7O2/c1-21-16-8-15(24-13-3-2-6-22-19(13)29-10-4-5-10)26-17-11(9-23-27(16)17)18(28)25-14-7-12(14)20/h2-3,6,8-10,12,14,21H,4-5,7H2,1H3,(H,24,26)(H,25,28)/t12-,14+/m0/s1/i1D3. The van der Waals surface area contributed by atoms with E-state index in [1.165, 1.54) is 16.8 Å². The van der Waals surface area contributed by atoms with Gasteiger partial charge in [-0.25, -0.2) is 14.4 Å². The maximum atomic E-state index is 13.2. The van der Waals surface area contributed by atoms with Gasteiger partial charge in [-0.3, -0.25) is 4.79 Å². The van der Waals surface area contributed by atoms with E-state index in [9.17, 15) is 9.18 Å². The molecule has 2 fully saturated rings. The molecular weight excluding hydrogens is 377 g/mol. The van der Waals surface area contributed by atoms with Gasteiger partial charge in [-0.2, -0.15) is 9.61 Å². The molecule has 0 bridgehead atoms. The number of nitrogens with one attached hydrogen (secondary N) is 3. The van der Waals surface area contributed by atoms with Crippen LogP contribution in [0.1, 0.15) is 33.7 Å². The van der Waals surface area contributed by atoms with Crippen LogP contribution in [0.3, 0.4) is 0 Å². The number of alkyl halides is 1. The molecule has 3 N–H and O–H groups in total. The van der Waals surface area contributed by atoms with Gasteiger partial charge in [-0.1, -0.05) is 0 Å². The zero-order valence-electron chi connectivity index (χ0n) is 18.2. The highest BCUT2D eigenvalue weighted by Gasteiger charge is 2.39. The highest BCUT2D eigenvalue weighted by Crippen LogP contribution is 2.32. The van der Waals surface area contributed by atoms with E-state index in [1.807, 2.05) is 0 Å². The van der Waals surface area contributed by atoms with Crippen molar-refractivity contribution in [2.24, 2.45) is 0 Å². The number of aromatic nitrogens is 4. The zero-order valence-corrected chi connectivity index (χ0v) is 15.2. The molecule has 0 aromatic carbocycles. The van der Waals surface area contributed by atoms with Crippen LogP contribution in [0.4, 0.5) is 21.7 Å². The van der Waals surface area contributed by atoms with E-state index >= 15 is 0 Å². The summed E-state index contributed by atoms with van der Waals surface area (Å²) in [5.41, 5.74) is 0.755. The van der Waals surface area contributed by atoms with Crippen LogP contribution in [-0.2, 0) is 0 Å². The zero-order chi connectivity index (χ0) is 22.5. The monoisotopic (exact) mass is 400 g/mol. The molecule has 2 aliphatic carbocycles. The third-order valence-electron chi connectivity index (χ3n) is 4.71. The molecule has 0 aliphatic heterocycles. The third-order valence-corrected chi connectivity index (χ3v) is 4.71. The fraction of sp³-hybridized carbons (Fsp3) is 0.368. The van der Waals surface area contributed by atoms with Crippen molar-refractivity contribution >= 4 is 28.9 Å². The van der Waals surface area contributed by atoms with E-state index < -0.39 is 25.1 Å². The molecule has 3 aromatic rings. The predicted molar refractivity (Wildman–Crippen MR) is 104 cm³/mol. The van der Waals surface area contributed by atoms with Crippen molar-refractivity contribution in [2.45, 2.75) is 37.6 Å². The topological polar surface area (TPSA) is 105 Å². The minimum absolute atomic E-state index is 0.0971. The minimum atomic E-state index is -2.51. The Morgan fingerprint density at radius 3 is 3.07 bits per heavy atom. The Morgan fingerprint density at radius 1 is 1.45 bits per heavy atom. The van der Waals surface area contributed by atoms with Gasteiger partial charge in [0.05, 0.1) is 12.2 Å². The number of ether oxygens (including phenoxy) is 1. The van der Waals surface area contributed by atoms with Gasteiger partial charge in [0.1, 0.15) is 35.2 Å². The van der Waals surface area contributed by atoms with E-state index in [0.717, 1.165) is 12.8 Å². The van der Waals surface area contributed by atoms with Crippen LogP contribution < -0.4 is 20.7 Å². The number of rotatable bonds is 7. The van der Waals surface area contributed by atoms with Gasteiger partial charge < -0.3 is 20.7 Å². The van der Waals surface area contributed by atoms with Crippen molar-refractivity contribution in [1.29, 1.82) is 0 Å². The molecule has 9 nitrogen and oxygen atoms in total. The average Bonchev–Trinajstić information content (AvgIpc) is 3.61. The normalized spacial score (nSPS) is 22.3. The van der Waals surface area contributed by atoms with Gasteiger partial charge in [0, 0.05) is 29.8 Å². The van der Waals surface area contributed by atoms with Crippen LogP contribution in [0.2, 0.25) is 0 Å². The number of fused-ring (bicyclic) bond motifs is 1. The van der Waals surface area contributed by atoms with Crippen LogP contribution in [-0.4, -0.2) is 50.8 Å². The van der Waals surface area contributed by atoms with Gasteiger partial charge in [0.2, 0.25) is 5.88 Å². The van der Waals surface area contributed by atoms with Gasteiger partial charge in [0.25, 0.3) is 5.91 Å². The van der Waals surface area contributed by atoms with Crippen molar-refractivity contribution in [3.8, 4) is 5.88 Å². The number of amides is 1. The largest absolute Gasteiger partial charge is 0.473 e. The molecule has 0 unspecified atom stereocenters. The molecule has 2 saturated carbocycles. The fourth-order valence-corrected chi connectivity index (χ4v) is 2.90. The Kier molecular flexibility index (Phi) is 3.45. The molecule has 1 amide bonds. The highest BCUT2D eigenvalue weighted by atomic mass is 19.1. The summed E-state index contributed by atoms with van der Waals surface area (Å²) in [4.78, 5) is 21.3. The predicted octanol–water partition coefficient (Wildman–Crippen LogP) is 2.29. The summed E-state index contributed by atoms with van der Waals surface area (Å²) < 4.78 is 42.9. The second-order valence-electron chi connectivity index (χ2n) is 7.08. The summed E-state index contributed by atoms with van der Waals surface area (Å²) in [5.74, 6) is 0.215. The maximum absolute atomic E-state index is 13.2. The third kappa shape index (κ3) is 3.53. The first-order valence-corrected chi connectivity index (χ1v) is 9.27. The summed E-state index contributed by atoms with van der Waals surface area (Å²) in [6, 6.07) is 4.41. The van der Waals surface area contributed by atoms with Crippen molar-refractivity contribution in [3.63, 3.8) is 0 Å².